The number of aliphatic hydroxyl groups is 1. The molecule has 0 bridgehead atoms. The van der Waals surface area contributed by atoms with E-state index in [0.717, 1.165) is 0 Å². The third-order valence-corrected chi connectivity index (χ3v) is 4.98. The first-order valence-corrected chi connectivity index (χ1v) is 9.47. The quantitative estimate of drug-likeness (QED) is 0.422. The number of ether oxygens (including phenoxy) is 1. The predicted octanol–water partition coefficient (Wildman–Crippen LogP) is 0.0145. The Kier molecular flexibility index (Phi) is 6.43. The lowest BCUT2D eigenvalue weighted by Crippen LogP contribution is -2.38. The predicted molar refractivity (Wildman–Crippen MR) is 105 cm³/mol. The van der Waals surface area contributed by atoms with Crippen LogP contribution in [0.1, 0.15) is 30.7 Å². The molecule has 1 aromatic carbocycles. The molecule has 11 nitrogen and oxygen atoms in total. The van der Waals surface area contributed by atoms with Crippen molar-refractivity contribution in [2.75, 3.05) is 6.54 Å². The van der Waals surface area contributed by atoms with Crippen LogP contribution >= 0.6 is 0 Å². The van der Waals surface area contributed by atoms with Crippen LogP contribution in [0.25, 0.3) is 0 Å². The molecule has 1 saturated heterocycles. The van der Waals surface area contributed by atoms with Gasteiger partial charge in [0.05, 0.1) is 17.4 Å². The molecule has 3 rings (SSSR count). The van der Waals surface area contributed by atoms with Gasteiger partial charge in [-0.3, -0.25) is 29.3 Å². The van der Waals surface area contributed by atoms with Crippen molar-refractivity contribution in [3.63, 3.8) is 0 Å². The molecular formula is C19H22N4O7. The van der Waals surface area contributed by atoms with Crippen LogP contribution in [0.3, 0.4) is 0 Å². The maximum Gasteiger partial charge on any atom is 0.330 e. The zero-order chi connectivity index (χ0) is 21.8. The summed E-state index contributed by atoms with van der Waals surface area (Å²) in [6.45, 7) is 1.75. The number of hydrogen-bond acceptors (Lipinski definition) is 7. The van der Waals surface area contributed by atoms with Gasteiger partial charge < -0.3 is 15.2 Å². The summed E-state index contributed by atoms with van der Waals surface area (Å²) in [7, 11) is 0. The first-order valence-electron chi connectivity index (χ1n) is 9.47. The third-order valence-electron chi connectivity index (χ3n) is 4.98. The van der Waals surface area contributed by atoms with Gasteiger partial charge in [-0.2, -0.15) is 0 Å². The van der Waals surface area contributed by atoms with Crippen LogP contribution in [0.5, 0.6) is 0 Å². The number of aromatic amines is 1. The monoisotopic (exact) mass is 418 g/mol. The van der Waals surface area contributed by atoms with Crippen LogP contribution in [0, 0.1) is 10.1 Å². The highest BCUT2D eigenvalue weighted by atomic mass is 16.6. The standard InChI is InChI=1S/C19H22N4O7/c1-2-11-10-22(19(27)21-18(11)26)17-8-14(24)15(30-17)9-20-16(25)7-12-5-3-4-6-13(12)23(28)29/h3-6,10,14-15,17,24H,2,7-9H2,1H3,(H,20,25)(H,21,26,27)/t14-,15+,17+/m0/s1. The summed E-state index contributed by atoms with van der Waals surface area (Å²) in [5.41, 5.74) is -0.563. The maximum atomic E-state index is 12.2. The van der Waals surface area contributed by atoms with Crippen molar-refractivity contribution in [3.8, 4) is 0 Å². The van der Waals surface area contributed by atoms with E-state index in [1.165, 1.54) is 29.0 Å². The number of aromatic nitrogens is 2. The summed E-state index contributed by atoms with van der Waals surface area (Å²) in [4.78, 5) is 48.7. The SMILES string of the molecule is CCc1cn([C@H]2C[C@H](O)[C@@H](CNC(=O)Cc3ccccc3[N+](=O)[O-])O2)c(=O)[nH]c1=O. The van der Waals surface area contributed by atoms with Crippen molar-refractivity contribution in [3.05, 3.63) is 72.5 Å². The zero-order valence-electron chi connectivity index (χ0n) is 16.2. The van der Waals surface area contributed by atoms with E-state index in [-0.39, 0.29) is 30.6 Å². The van der Waals surface area contributed by atoms with Gasteiger partial charge in [-0.05, 0) is 6.42 Å². The second kappa shape index (κ2) is 9.01. The Morgan fingerprint density at radius 1 is 1.37 bits per heavy atom. The second-order valence-corrected chi connectivity index (χ2v) is 6.97. The Hall–Kier alpha value is -3.31. The first kappa shape index (κ1) is 21.4. The van der Waals surface area contributed by atoms with Crippen LogP contribution in [-0.4, -0.2) is 44.2 Å². The number of aliphatic hydroxyl groups excluding tert-OH is 1. The van der Waals surface area contributed by atoms with E-state index in [9.17, 15) is 29.6 Å². The number of nitrogens with zero attached hydrogens (tertiary/aromatic N) is 2. The van der Waals surface area contributed by atoms with E-state index in [1.807, 2.05) is 0 Å². The van der Waals surface area contributed by atoms with E-state index in [4.69, 9.17) is 4.74 Å². The molecule has 3 N–H and O–H groups in total. The lowest BCUT2D eigenvalue weighted by molar-refractivity contribution is -0.385. The van der Waals surface area contributed by atoms with Gasteiger partial charge in [0, 0.05) is 36.4 Å². The van der Waals surface area contributed by atoms with Crippen molar-refractivity contribution in [2.24, 2.45) is 0 Å². The van der Waals surface area contributed by atoms with Gasteiger partial charge in [0.2, 0.25) is 5.91 Å². The molecule has 1 aromatic heterocycles. The molecule has 1 fully saturated rings. The molecule has 1 aliphatic rings. The Morgan fingerprint density at radius 2 is 2.10 bits per heavy atom. The van der Waals surface area contributed by atoms with Crippen molar-refractivity contribution < 1.29 is 19.6 Å². The van der Waals surface area contributed by atoms with E-state index in [0.29, 0.717) is 12.0 Å². The lowest BCUT2D eigenvalue weighted by Gasteiger charge is -2.17. The summed E-state index contributed by atoms with van der Waals surface area (Å²) in [5, 5.41) is 23.9. The molecule has 0 unspecified atom stereocenters. The number of rotatable bonds is 7. The number of nitro groups is 1. The Bertz CT molecular complexity index is 1060. The minimum atomic E-state index is -0.940. The molecule has 0 spiro atoms. The highest BCUT2D eigenvalue weighted by molar-refractivity contribution is 5.79. The minimum Gasteiger partial charge on any atom is -0.390 e. The smallest absolute Gasteiger partial charge is 0.330 e. The van der Waals surface area contributed by atoms with Gasteiger partial charge in [-0.1, -0.05) is 25.1 Å². The number of benzene rings is 1. The van der Waals surface area contributed by atoms with Gasteiger partial charge in [-0.25, -0.2) is 4.79 Å². The summed E-state index contributed by atoms with van der Waals surface area (Å²) in [6.07, 6.45) is -0.738. The molecule has 3 atom stereocenters. The molecule has 2 heterocycles. The third kappa shape index (κ3) is 4.63. The average molecular weight is 418 g/mol. The lowest BCUT2D eigenvalue weighted by atomic mass is 10.1. The summed E-state index contributed by atoms with van der Waals surface area (Å²) >= 11 is 0. The van der Waals surface area contributed by atoms with Gasteiger partial charge in [0.15, 0.2) is 0 Å². The molecule has 160 valence electrons. The topological polar surface area (TPSA) is 157 Å². The second-order valence-electron chi connectivity index (χ2n) is 6.97. The normalized spacial score (nSPS) is 20.8. The van der Waals surface area contributed by atoms with E-state index in [2.05, 4.69) is 10.3 Å². The number of para-hydroxylation sites is 1. The van der Waals surface area contributed by atoms with Crippen molar-refractivity contribution in [2.45, 2.75) is 44.6 Å². The van der Waals surface area contributed by atoms with Crippen molar-refractivity contribution in [1.82, 2.24) is 14.9 Å². The Labute approximate surface area is 170 Å². The molecule has 2 aromatic rings. The summed E-state index contributed by atoms with van der Waals surface area (Å²) < 4.78 is 6.93. The van der Waals surface area contributed by atoms with Gasteiger partial charge >= 0.3 is 5.69 Å². The average Bonchev–Trinajstić information content (AvgIpc) is 3.07. The first-order chi connectivity index (χ1) is 14.3. The molecular weight excluding hydrogens is 396 g/mol. The fourth-order valence-corrected chi connectivity index (χ4v) is 3.35. The van der Waals surface area contributed by atoms with Gasteiger partial charge in [-0.15, -0.1) is 0 Å². The van der Waals surface area contributed by atoms with E-state index < -0.39 is 40.5 Å². The van der Waals surface area contributed by atoms with Crippen LogP contribution in [-0.2, 0) is 22.4 Å². The molecule has 0 radical (unpaired) electrons. The van der Waals surface area contributed by atoms with Crippen LogP contribution in [0.15, 0.2) is 40.1 Å². The summed E-state index contributed by atoms with van der Waals surface area (Å²) in [6, 6.07) is 5.95. The highest BCUT2D eigenvalue weighted by Crippen LogP contribution is 2.27. The maximum absolute atomic E-state index is 12.2. The molecule has 0 aliphatic carbocycles. The molecule has 30 heavy (non-hydrogen) atoms. The number of hydrogen-bond donors (Lipinski definition) is 3. The molecule has 1 amide bonds. The Balaban J connectivity index is 1.63. The zero-order valence-corrected chi connectivity index (χ0v) is 16.2. The van der Waals surface area contributed by atoms with Crippen molar-refractivity contribution >= 4 is 11.6 Å². The number of nitrogens with one attached hydrogen (secondary N) is 2. The number of H-pyrrole nitrogens is 1. The van der Waals surface area contributed by atoms with Crippen molar-refractivity contribution in [1.29, 1.82) is 0 Å². The number of amides is 1. The molecule has 0 saturated carbocycles. The number of aryl methyl sites for hydroxylation is 1. The van der Waals surface area contributed by atoms with Crippen LogP contribution in [0.4, 0.5) is 5.69 Å². The minimum absolute atomic E-state index is 0.0319. The van der Waals surface area contributed by atoms with E-state index >= 15 is 0 Å². The molecule has 1 aliphatic heterocycles. The van der Waals surface area contributed by atoms with Gasteiger partial charge in [0.1, 0.15) is 12.3 Å². The van der Waals surface area contributed by atoms with Crippen LogP contribution in [0.2, 0.25) is 0 Å². The summed E-state index contributed by atoms with van der Waals surface area (Å²) in [5.74, 6) is -0.460. The Morgan fingerprint density at radius 3 is 2.80 bits per heavy atom. The largest absolute Gasteiger partial charge is 0.390 e. The number of carbonyl (C=O) groups is 1. The fraction of sp³-hybridized carbons (Fsp3) is 0.421. The fourth-order valence-electron chi connectivity index (χ4n) is 3.35. The highest BCUT2D eigenvalue weighted by Gasteiger charge is 2.35. The van der Waals surface area contributed by atoms with Gasteiger partial charge in [0.25, 0.3) is 11.2 Å². The number of nitro benzene ring substituents is 1. The molecule has 11 heteroatoms. The van der Waals surface area contributed by atoms with E-state index in [1.54, 1.807) is 13.0 Å². The number of carbonyl (C=O) groups excluding carboxylic acids is 1. The van der Waals surface area contributed by atoms with Crippen LogP contribution < -0.4 is 16.6 Å².